The molecule has 0 bridgehead atoms. The normalized spacial score (nSPS) is 9.86. The van der Waals surface area contributed by atoms with Crippen molar-refractivity contribution in [3.63, 3.8) is 0 Å². The molecule has 0 aliphatic rings. The Bertz CT molecular complexity index is 704. The maximum absolute atomic E-state index is 12.2. The van der Waals surface area contributed by atoms with Crippen LogP contribution in [0.4, 0.5) is 5.69 Å². The van der Waals surface area contributed by atoms with Gasteiger partial charge in [0.1, 0.15) is 6.61 Å². The zero-order valence-corrected chi connectivity index (χ0v) is 12.1. The van der Waals surface area contributed by atoms with Crippen molar-refractivity contribution in [1.82, 2.24) is 0 Å². The molecular formula is C17H17NO3. The topological polar surface area (TPSA) is 62.5 Å². The van der Waals surface area contributed by atoms with E-state index in [9.17, 15) is 4.79 Å². The van der Waals surface area contributed by atoms with Crippen LogP contribution in [0.5, 0.6) is 0 Å². The van der Waals surface area contributed by atoms with Gasteiger partial charge >= 0.3 is 0 Å². The van der Waals surface area contributed by atoms with Gasteiger partial charge in [0.05, 0.1) is 6.26 Å². The number of anilines is 1. The summed E-state index contributed by atoms with van der Waals surface area (Å²) in [4.78, 5) is 12.2. The number of carbonyl (C=O) groups is 1. The fraction of sp³-hybridized carbons (Fsp3) is 0.235. The number of aliphatic hydroxyl groups is 1. The van der Waals surface area contributed by atoms with E-state index in [2.05, 4.69) is 17.2 Å². The number of amides is 1. The Hall–Kier alpha value is -2.51. The lowest BCUT2D eigenvalue weighted by Crippen LogP contribution is -2.13. The summed E-state index contributed by atoms with van der Waals surface area (Å²) in [5.41, 5.74) is 3.34. The minimum Gasteiger partial charge on any atom is -0.459 e. The summed E-state index contributed by atoms with van der Waals surface area (Å²) in [5.74, 6) is 5.52. The summed E-state index contributed by atoms with van der Waals surface area (Å²) >= 11 is 0. The fourth-order valence-electron chi connectivity index (χ4n) is 2.01. The number of furan rings is 1. The van der Waals surface area contributed by atoms with E-state index < -0.39 is 0 Å². The lowest BCUT2D eigenvalue weighted by molar-refractivity contribution is 0.0995. The van der Waals surface area contributed by atoms with E-state index in [1.165, 1.54) is 6.26 Å². The second-order valence-electron chi connectivity index (χ2n) is 4.57. The van der Waals surface area contributed by atoms with Crippen LogP contribution >= 0.6 is 0 Å². The number of aryl methyl sites for hydroxylation is 2. The number of hydrogen-bond donors (Lipinski definition) is 2. The van der Waals surface area contributed by atoms with E-state index in [0.29, 0.717) is 5.76 Å². The predicted molar refractivity (Wildman–Crippen MR) is 81.2 cm³/mol. The number of carbonyl (C=O) groups excluding carboxylic acids is 1. The van der Waals surface area contributed by atoms with E-state index in [1.54, 1.807) is 6.07 Å². The first-order chi connectivity index (χ1) is 10.2. The number of aliphatic hydroxyl groups excluding tert-OH is 1. The molecule has 0 radical (unpaired) electrons. The van der Waals surface area contributed by atoms with Gasteiger partial charge in [0.15, 0.2) is 5.76 Å². The van der Waals surface area contributed by atoms with Crippen LogP contribution in [0.25, 0.3) is 0 Å². The Balaban J connectivity index is 2.24. The van der Waals surface area contributed by atoms with Gasteiger partial charge in [-0.25, -0.2) is 0 Å². The summed E-state index contributed by atoms with van der Waals surface area (Å²) < 4.78 is 5.19. The third kappa shape index (κ3) is 3.53. The molecule has 21 heavy (non-hydrogen) atoms. The molecule has 0 spiro atoms. The molecule has 4 heteroatoms. The first kappa shape index (κ1) is 14.9. The Kier molecular flexibility index (Phi) is 4.81. The van der Waals surface area contributed by atoms with Gasteiger partial charge in [0, 0.05) is 16.8 Å². The fourth-order valence-corrected chi connectivity index (χ4v) is 2.01. The lowest BCUT2D eigenvalue weighted by Gasteiger charge is -2.09. The molecule has 0 unspecified atom stereocenters. The molecule has 4 nitrogen and oxygen atoms in total. The maximum Gasteiger partial charge on any atom is 0.291 e. The number of rotatable bonds is 3. The van der Waals surface area contributed by atoms with Crippen molar-refractivity contribution < 1.29 is 14.3 Å². The van der Waals surface area contributed by atoms with Gasteiger partial charge in [0.2, 0.25) is 0 Å². The van der Waals surface area contributed by atoms with Crippen molar-refractivity contribution in [2.24, 2.45) is 0 Å². The van der Waals surface area contributed by atoms with E-state index in [-0.39, 0.29) is 12.5 Å². The van der Waals surface area contributed by atoms with Crippen LogP contribution in [-0.2, 0) is 6.42 Å². The van der Waals surface area contributed by atoms with E-state index in [4.69, 9.17) is 9.52 Å². The number of nitrogens with one attached hydrogen (secondary N) is 1. The number of benzene rings is 1. The molecule has 0 atom stereocenters. The van der Waals surface area contributed by atoms with Crippen LogP contribution in [0.2, 0.25) is 0 Å². The second kappa shape index (κ2) is 6.78. The first-order valence-corrected chi connectivity index (χ1v) is 6.73. The molecule has 0 saturated carbocycles. The average molecular weight is 283 g/mol. The average Bonchev–Trinajstić information content (AvgIpc) is 2.92. The van der Waals surface area contributed by atoms with Crippen LogP contribution in [-0.4, -0.2) is 17.6 Å². The highest BCUT2D eigenvalue weighted by atomic mass is 16.3. The molecule has 108 valence electrons. The molecule has 2 rings (SSSR count). The van der Waals surface area contributed by atoms with Crippen molar-refractivity contribution >= 4 is 11.6 Å². The molecule has 2 aromatic rings. The van der Waals surface area contributed by atoms with Crippen LogP contribution < -0.4 is 5.32 Å². The summed E-state index contributed by atoms with van der Waals surface area (Å²) in [7, 11) is 0. The molecule has 1 aromatic carbocycles. The Morgan fingerprint density at radius 2 is 2.19 bits per heavy atom. The van der Waals surface area contributed by atoms with Crippen LogP contribution in [0.1, 0.15) is 34.2 Å². The Morgan fingerprint density at radius 3 is 2.81 bits per heavy atom. The largest absolute Gasteiger partial charge is 0.459 e. The van der Waals surface area contributed by atoms with Gasteiger partial charge in [-0.1, -0.05) is 18.8 Å². The van der Waals surface area contributed by atoms with Crippen molar-refractivity contribution in [3.8, 4) is 11.8 Å². The second-order valence-corrected chi connectivity index (χ2v) is 4.57. The minimum atomic E-state index is -0.263. The zero-order chi connectivity index (χ0) is 15.2. The standard InChI is InChI=1S/C17H17NO3/c1-3-14-11-13(5-4-9-19)6-7-15(14)18-17(20)16-12(2)8-10-21-16/h6-8,10-11,19H,3,9H2,1-2H3,(H,18,20). The third-order valence-corrected chi connectivity index (χ3v) is 3.11. The summed E-state index contributed by atoms with van der Waals surface area (Å²) in [6.07, 6.45) is 2.26. The van der Waals surface area contributed by atoms with Crippen LogP contribution in [0.3, 0.4) is 0 Å². The smallest absolute Gasteiger partial charge is 0.291 e. The molecule has 0 saturated heterocycles. The van der Waals surface area contributed by atoms with Crippen LogP contribution in [0.15, 0.2) is 34.9 Å². The van der Waals surface area contributed by atoms with Gasteiger partial charge in [-0.2, -0.15) is 0 Å². The monoisotopic (exact) mass is 283 g/mol. The maximum atomic E-state index is 12.2. The SMILES string of the molecule is CCc1cc(C#CCO)ccc1NC(=O)c1occc1C. The lowest BCUT2D eigenvalue weighted by atomic mass is 10.1. The highest BCUT2D eigenvalue weighted by Gasteiger charge is 2.14. The molecule has 0 aliphatic carbocycles. The van der Waals surface area contributed by atoms with Gasteiger partial charge in [-0.3, -0.25) is 4.79 Å². The van der Waals surface area contributed by atoms with E-state index >= 15 is 0 Å². The molecule has 1 amide bonds. The molecule has 2 N–H and O–H groups in total. The number of hydrogen-bond acceptors (Lipinski definition) is 3. The summed E-state index contributed by atoms with van der Waals surface area (Å²) in [6.45, 7) is 3.66. The van der Waals surface area contributed by atoms with Gasteiger partial charge in [-0.15, -0.1) is 0 Å². The van der Waals surface area contributed by atoms with E-state index in [1.807, 2.05) is 32.0 Å². The van der Waals surface area contributed by atoms with Gasteiger partial charge in [0.25, 0.3) is 5.91 Å². The van der Waals surface area contributed by atoms with Crippen molar-refractivity contribution in [2.45, 2.75) is 20.3 Å². The van der Waals surface area contributed by atoms with Crippen molar-refractivity contribution in [1.29, 1.82) is 0 Å². The molecule has 0 aliphatic heterocycles. The quantitative estimate of drug-likeness (QED) is 0.851. The van der Waals surface area contributed by atoms with Gasteiger partial charge < -0.3 is 14.8 Å². The van der Waals surface area contributed by atoms with Crippen LogP contribution in [0, 0.1) is 18.8 Å². The summed E-state index contributed by atoms with van der Waals surface area (Å²) in [6, 6.07) is 7.29. The van der Waals surface area contributed by atoms with Crippen molar-refractivity contribution in [3.05, 3.63) is 53.0 Å². The zero-order valence-electron chi connectivity index (χ0n) is 12.1. The van der Waals surface area contributed by atoms with E-state index in [0.717, 1.165) is 28.8 Å². The van der Waals surface area contributed by atoms with Gasteiger partial charge in [-0.05, 0) is 43.2 Å². The molecular weight excluding hydrogens is 266 g/mol. The summed E-state index contributed by atoms with van der Waals surface area (Å²) in [5, 5.41) is 11.6. The third-order valence-electron chi connectivity index (χ3n) is 3.11. The first-order valence-electron chi connectivity index (χ1n) is 6.73. The molecule has 0 fully saturated rings. The highest BCUT2D eigenvalue weighted by Crippen LogP contribution is 2.20. The highest BCUT2D eigenvalue weighted by molar-refractivity contribution is 6.03. The predicted octanol–water partition coefficient (Wildman–Crippen LogP) is 2.75. The molecule has 1 heterocycles. The molecule has 1 aromatic heterocycles. The Morgan fingerprint density at radius 1 is 1.38 bits per heavy atom. The van der Waals surface area contributed by atoms with Crippen molar-refractivity contribution in [2.75, 3.05) is 11.9 Å². The Labute approximate surface area is 123 Å². The minimum absolute atomic E-state index is 0.169.